The fraction of sp³-hybridized carbons (Fsp3) is 0.500. The molecule has 126 valence electrons. The molecule has 1 aromatic rings. The van der Waals surface area contributed by atoms with Crippen molar-refractivity contribution in [1.82, 2.24) is 10.2 Å². The minimum Gasteiger partial charge on any atom is -0.373 e. The number of ether oxygens (including phenoxy) is 1. The predicted molar refractivity (Wildman–Crippen MR) is 96.6 cm³/mol. The Hall–Kier alpha value is -1.30. The Balaban J connectivity index is 1.78. The minimum absolute atomic E-state index is 0.0189. The molecule has 0 bridgehead atoms. The van der Waals surface area contributed by atoms with Gasteiger partial charge in [0, 0.05) is 25.4 Å². The number of carbonyl (C=O) groups is 1. The average Bonchev–Trinajstić information content (AvgIpc) is 2.56. The second-order valence-electron chi connectivity index (χ2n) is 5.79. The van der Waals surface area contributed by atoms with Crippen LogP contribution in [0.5, 0.6) is 0 Å². The Labute approximate surface area is 143 Å². The van der Waals surface area contributed by atoms with E-state index in [-0.39, 0.29) is 18.1 Å². The van der Waals surface area contributed by atoms with E-state index in [4.69, 9.17) is 4.74 Å². The highest BCUT2D eigenvalue weighted by atomic mass is 32.2. The van der Waals surface area contributed by atoms with Gasteiger partial charge in [-0.1, -0.05) is 36.4 Å². The van der Waals surface area contributed by atoms with Gasteiger partial charge in [0.15, 0.2) is 0 Å². The van der Waals surface area contributed by atoms with E-state index >= 15 is 0 Å². The van der Waals surface area contributed by atoms with Gasteiger partial charge in [-0.2, -0.15) is 0 Å². The highest BCUT2D eigenvalue weighted by Gasteiger charge is 2.26. The molecule has 1 aliphatic heterocycles. The van der Waals surface area contributed by atoms with E-state index in [2.05, 4.69) is 41.1 Å². The Morgan fingerprint density at radius 1 is 1.52 bits per heavy atom. The predicted octanol–water partition coefficient (Wildman–Crippen LogP) is 2.31. The quantitative estimate of drug-likeness (QED) is 0.585. The van der Waals surface area contributed by atoms with E-state index in [1.165, 1.54) is 5.56 Å². The molecule has 23 heavy (non-hydrogen) atoms. The summed E-state index contributed by atoms with van der Waals surface area (Å²) in [4.78, 5) is 14.3. The fourth-order valence-electron chi connectivity index (χ4n) is 2.64. The second-order valence-corrected chi connectivity index (χ2v) is 6.82. The van der Waals surface area contributed by atoms with Crippen molar-refractivity contribution >= 4 is 17.7 Å². The van der Waals surface area contributed by atoms with Crippen LogP contribution in [-0.4, -0.2) is 54.2 Å². The first-order valence-corrected chi connectivity index (χ1v) is 9.20. The molecule has 2 rings (SSSR count). The molecule has 1 aromatic carbocycles. The van der Waals surface area contributed by atoms with Gasteiger partial charge in [-0.25, -0.2) is 0 Å². The van der Waals surface area contributed by atoms with Crippen LogP contribution in [0.2, 0.25) is 0 Å². The number of amides is 1. The lowest BCUT2D eigenvalue weighted by molar-refractivity contribution is -0.121. The van der Waals surface area contributed by atoms with Crippen molar-refractivity contribution in [1.29, 1.82) is 0 Å². The zero-order chi connectivity index (χ0) is 16.5. The molecule has 0 unspecified atom stereocenters. The van der Waals surface area contributed by atoms with Crippen molar-refractivity contribution in [2.24, 2.45) is 0 Å². The summed E-state index contributed by atoms with van der Waals surface area (Å²) in [5.74, 6) is 1.33. The number of hydrogen-bond donors (Lipinski definition) is 1. The fourth-order valence-corrected chi connectivity index (χ4v) is 3.20. The minimum atomic E-state index is 0.0189. The van der Waals surface area contributed by atoms with Crippen molar-refractivity contribution in [3.63, 3.8) is 0 Å². The lowest BCUT2D eigenvalue weighted by atomic mass is 10.1. The Morgan fingerprint density at radius 2 is 2.30 bits per heavy atom. The maximum Gasteiger partial charge on any atom is 0.230 e. The van der Waals surface area contributed by atoms with Gasteiger partial charge in [-0.15, -0.1) is 18.3 Å². The van der Waals surface area contributed by atoms with Crippen molar-refractivity contribution in [3.05, 3.63) is 48.6 Å². The summed E-state index contributed by atoms with van der Waals surface area (Å²) < 4.78 is 5.85. The molecular formula is C18H26N2O2S. The zero-order valence-corrected chi connectivity index (χ0v) is 14.6. The SMILES string of the molecule is C=CCSCC(=O)N[C@@H](C)[C@H]1CN(Cc2ccccc2)CCO1. The summed E-state index contributed by atoms with van der Waals surface area (Å²) >= 11 is 1.57. The van der Waals surface area contributed by atoms with Gasteiger partial charge in [0.2, 0.25) is 5.91 Å². The first kappa shape index (κ1) is 18.0. The van der Waals surface area contributed by atoms with Crippen LogP contribution in [-0.2, 0) is 16.1 Å². The van der Waals surface area contributed by atoms with E-state index in [0.29, 0.717) is 12.4 Å². The van der Waals surface area contributed by atoms with Crippen LogP contribution in [0.25, 0.3) is 0 Å². The van der Waals surface area contributed by atoms with Gasteiger partial charge >= 0.3 is 0 Å². The molecular weight excluding hydrogens is 308 g/mol. The van der Waals surface area contributed by atoms with E-state index in [1.54, 1.807) is 11.8 Å². The molecule has 2 atom stereocenters. The van der Waals surface area contributed by atoms with E-state index in [9.17, 15) is 4.79 Å². The highest BCUT2D eigenvalue weighted by molar-refractivity contribution is 8.00. The van der Waals surface area contributed by atoms with E-state index < -0.39 is 0 Å². The summed E-state index contributed by atoms with van der Waals surface area (Å²) in [7, 11) is 0. The Morgan fingerprint density at radius 3 is 3.04 bits per heavy atom. The molecule has 1 fully saturated rings. The lowest BCUT2D eigenvalue weighted by Gasteiger charge is -2.36. The molecule has 0 saturated carbocycles. The maximum absolute atomic E-state index is 11.9. The molecule has 1 aliphatic rings. The molecule has 0 aliphatic carbocycles. The van der Waals surface area contributed by atoms with Crippen LogP contribution in [0.15, 0.2) is 43.0 Å². The number of benzene rings is 1. The van der Waals surface area contributed by atoms with Crippen LogP contribution in [0.3, 0.4) is 0 Å². The molecule has 1 N–H and O–H groups in total. The van der Waals surface area contributed by atoms with Gasteiger partial charge in [0.05, 0.1) is 24.5 Å². The molecule has 4 nitrogen and oxygen atoms in total. The summed E-state index contributed by atoms with van der Waals surface area (Å²) in [6.07, 6.45) is 1.86. The summed E-state index contributed by atoms with van der Waals surface area (Å²) in [6, 6.07) is 10.5. The number of carbonyl (C=O) groups excluding carboxylic acids is 1. The number of nitrogens with one attached hydrogen (secondary N) is 1. The van der Waals surface area contributed by atoms with Crippen LogP contribution in [0.4, 0.5) is 0 Å². The summed E-state index contributed by atoms with van der Waals surface area (Å²) in [6.45, 7) is 9.09. The summed E-state index contributed by atoms with van der Waals surface area (Å²) in [5.41, 5.74) is 1.31. The lowest BCUT2D eigenvalue weighted by Crippen LogP contribution is -2.52. The molecule has 1 heterocycles. The third-order valence-electron chi connectivity index (χ3n) is 3.84. The van der Waals surface area contributed by atoms with Crippen LogP contribution >= 0.6 is 11.8 Å². The number of nitrogens with zero attached hydrogens (tertiary/aromatic N) is 1. The van der Waals surface area contributed by atoms with Crippen molar-refractivity contribution in [2.45, 2.75) is 25.6 Å². The van der Waals surface area contributed by atoms with Crippen LogP contribution in [0.1, 0.15) is 12.5 Å². The number of thioether (sulfide) groups is 1. The topological polar surface area (TPSA) is 41.6 Å². The smallest absolute Gasteiger partial charge is 0.230 e. The second kappa shape index (κ2) is 9.75. The number of morpholine rings is 1. The normalized spacial score (nSPS) is 20.0. The first-order valence-electron chi connectivity index (χ1n) is 8.05. The third kappa shape index (κ3) is 6.37. The largest absolute Gasteiger partial charge is 0.373 e. The first-order chi connectivity index (χ1) is 11.2. The molecule has 5 heteroatoms. The van der Waals surface area contributed by atoms with Gasteiger partial charge in [-0.05, 0) is 12.5 Å². The molecule has 1 saturated heterocycles. The molecule has 0 spiro atoms. The summed E-state index contributed by atoms with van der Waals surface area (Å²) in [5, 5.41) is 3.05. The molecule has 1 amide bonds. The van der Waals surface area contributed by atoms with Gasteiger partial charge in [0.25, 0.3) is 0 Å². The Bertz CT molecular complexity index is 495. The number of rotatable bonds is 8. The highest BCUT2D eigenvalue weighted by Crippen LogP contribution is 2.13. The Kier molecular flexibility index (Phi) is 7.65. The average molecular weight is 334 g/mol. The van der Waals surface area contributed by atoms with Crippen molar-refractivity contribution in [2.75, 3.05) is 31.2 Å². The van der Waals surface area contributed by atoms with Crippen molar-refractivity contribution in [3.8, 4) is 0 Å². The van der Waals surface area contributed by atoms with Crippen LogP contribution < -0.4 is 5.32 Å². The molecule has 0 radical (unpaired) electrons. The third-order valence-corrected chi connectivity index (χ3v) is 4.78. The van der Waals surface area contributed by atoms with Gasteiger partial charge in [-0.3, -0.25) is 9.69 Å². The van der Waals surface area contributed by atoms with E-state index in [1.807, 2.05) is 19.1 Å². The standard InChI is InChI=1S/C18H26N2O2S/c1-3-11-23-14-18(21)19-15(2)17-13-20(9-10-22-17)12-16-7-5-4-6-8-16/h3-8,15,17H,1,9-14H2,2H3,(H,19,21)/t15-,17+/m0/s1. The zero-order valence-electron chi connectivity index (χ0n) is 13.7. The number of hydrogen-bond acceptors (Lipinski definition) is 4. The monoisotopic (exact) mass is 334 g/mol. The molecule has 0 aromatic heterocycles. The van der Waals surface area contributed by atoms with Gasteiger partial charge < -0.3 is 10.1 Å². The van der Waals surface area contributed by atoms with Crippen molar-refractivity contribution < 1.29 is 9.53 Å². The van der Waals surface area contributed by atoms with Gasteiger partial charge in [0.1, 0.15) is 0 Å². The van der Waals surface area contributed by atoms with Crippen LogP contribution in [0, 0.1) is 0 Å². The maximum atomic E-state index is 11.9. The van der Waals surface area contributed by atoms with E-state index in [0.717, 1.165) is 25.4 Å².